The van der Waals surface area contributed by atoms with E-state index in [1.807, 2.05) is 37.4 Å². The van der Waals surface area contributed by atoms with Crippen molar-refractivity contribution in [2.45, 2.75) is 13.0 Å². The SMILES string of the molecule is CC(Nc1ccc(N2CCOCC2)nc1)c1cc(Cl)ccc1Cl. The molecule has 122 valence electrons. The van der Waals surface area contributed by atoms with Gasteiger partial charge in [0.05, 0.1) is 31.1 Å². The Morgan fingerprint density at radius 2 is 1.96 bits per heavy atom. The lowest BCUT2D eigenvalue weighted by Gasteiger charge is -2.28. The van der Waals surface area contributed by atoms with Crippen molar-refractivity contribution in [3.63, 3.8) is 0 Å². The van der Waals surface area contributed by atoms with Gasteiger partial charge in [-0.25, -0.2) is 4.98 Å². The molecule has 1 unspecified atom stereocenters. The molecule has 0 spiro atoms. The molecule has 0 aliphatic carbocycles. The predicted octanol–water partition coefficient (Wildman–Crippen LogP) is 4.40. The van der Waals surface area contributed by atoms with Crippen molar-refractivity contribution < 1.29 is 4.74 Å². The summed E-state index contributed by atoms with van der Waals surface area (Å²) in [7, 11) is 0. The molecule has 0 bridgehead atoms. The molecular weight excluding hydrogens is 333 g/mol. The van der Waals surface area contributed by atoms with Crippen LogP contribution in [0, 0.1) is 0 Å². The minimum atomic E-state index is 0.0391. The van der Waals surface area contributed by atoms with E-state index in [0.29, 0.717) is 10.0 Å². The monoisotopic (exact) mass is 351 g/mol. The third-order valence-corrected chi connectivity index (χ3v) is 4.47. The molecular formula is C17H19Cl2N3O. The zero-order valence-corrected chi connectivity index (χ0v) is 14.4. The van der Waals surface area contributed by atoms with Gasteiger partial charge in [0.2, 0.25) is 0 Å². The van der Waals surface area contributed by atoms with E-state index in [9.17, 15) is 0 Å². The zero-order valence-electron chi connectivity index (χ0n) is 12.9. The summed E-state index contributed by atoms with van der Waals surface area (Å²) < 4.78 is 5.36. The van der Waals surface area contributed by atoms with Gasteiger partial charge in [-0.3, -0.25) is 0 Å². The van der Waals surface area contributed by atoms with Crippen LogP contribution in [-0.4, -0.2) is 31.3 Å². The van der Waals surface area contributed by atoms with E-state index in [2.05, 4.69) is 15.2 Å². The number of hydrogen-bond donors (Lipinski definition) is 1. The molecule has 1 atom stereocenters. The van der Waals surface area contributed by atoms with Crippen LogP contribution in [0.15, 0.2) is 36.5 Å². The quantitative estimate of drug-likeness (QED) is 0.885. The van der Waals surface area contributed by atoms with Gasteiger partial charge in [-0.2, -0.15) is 0 Å². The average Bonchev–Trinajstić information content (AvgIpc) is 2.58. The van der Waals surface area contributed by atoms with Gasteiger partial charge in [0.1, 0.15) is 5.82 Å². The molecule has 1 saturated heterocycles. The standard InChI is InChI=1S/C17H19Cl2N3O/c1-12(15-10-13(18)2-4-16(15)19)21-14-3-5-17(20-11-14)22-6-8-23-9-7-22/h2-5,10-12,21H,6-9H2,1H3. The Morgan fingerprint density at radius 1 is 1.17 bits per heavy atom. The Bertz CT molecular complexity index is 657. The minimum absolute atomic E-state index is 0.0391. The maximum atomic E-state index is 6.25. The Kier molecular flexibility index (Phi) is 5.26. The van der Waals surface area contributed by atoms with Crippen LogP contribution in [-0.2, 0) is 4.74 Å². The summed E-state index contributed by atoms with van der Waals surface area (Å²) in [6.07, 6.45) is 1.85. The second kappa shape index (κ2) is 7.39. The Balaban J connectivity index is 1.69. The van der Waals surface area contributed by atoms with E-state index in [4.69, 9.17) is 27.9 Å². The molecule has 1 aromatic carbocycles. The van der Waals surface area contributed by atoms with E-state index >= 15 is 0 Å². The first kappa shape index (κ1) is 16.4. The van der Waals surface area contributed by atoms with Crippen molar-refractivity contribution in [3.05, 3.63) is 52.1 Å². The van der Waals surface area contributed by atoms with Gasteiger partial charge >= 0.3 is 0 Å². The first-order valence-corrected chi connectivity index (χ1v) is 8.39. The number of nitrogens with zero attached hydrogens (tertiary/aromatic N) is 2. The van der Waals surface area contributed by atoms with Crippen LogP contribution in [0.1, 0.15) is 18.5 Å². The predicted molar refractivity (Wildman–Crippen MR) is 95.8 cm³/mol. The molecule has 4 nitrogen and oxygen atoms in total. The molecule has 1 N–H and O–H groups in total. The molecule has 0 saturated carbocycles. The molecule has 23 heavy (non-hydrogen) atoms. The summed E-state index contributed by atoms with van der Waals surface area (Å²) in [5.41, 5.74) is 1.92. The Labute approximate surface area is 146 Å². The molecule has 1 fully saturated rings. The highest BCUT2D eigenvalue weighted by Gasteiger charge is 2.13. The van der Waals surface area contributed by atoms with Crippen LogP contribution in [0.5, 0.6) is 0 Å². The fourth-order valence-electron chi connectivity index (χ4n) is 2.63. The van der Waals surface area contributed by atoms with Crippen LogP contribution < -0.4 is 10.2 Å². The maximum Gasteiger partial charge on any atom is 0.128 e. The number of pyridine rings is 1. The summed E-state index contributed by atoms with van der Waals surface area (Å²) in [5.74, 6) is 0.979. The third-order valence-electron chi connectivity index (χ3n) is 3.89. The normalized spacial score (nSPS) is 16.2. The van der Waals surface area contributed by atoms with Gasteiger partial charge < -0.3 is 15.0 Å². The van der Waals surface area contributed by atoms with Crippen molar-refractivity contribution in [2.75, 3.05) is 36.5 Å². The lowest BCUT2D eigenvalue weighted by Crippen LogP contribution is -2.36. The van der Waals surface area contributed by atoms with Crippen molar-refractivity contribution in [3.8, 4) is 0 Å². The number of hydrogen-bond acceptors (Lipinski definition) is 4. The highest BCUT2D eigenvalue weighted by molar-refractivity contribution is 6.33. The van der Waals surface area contributed by atoms with Crippen molar-refractivity contribution in [1.82, 2.24) is 4.98 Å². The number of rotatable bonds is 4. The molecule has 2 heterocycles. The van der Waals surface area contributed by atoms with E-state index in [0.717, 1.165) is 43.4 Å². The molecule has 2 aromatic rings. The number of anilines is 2. The molecule has 1 aliphatic rings. The van der Waals surface area contributed by atoms with E-state index in [1.54, 1.807) is 6.07 Å². The summed E-state index contributed by atoms with van der Waals surface area (Å²) in [6.45, 7) is 5.33. The summed E-state index contributed by atoms with van der Waals surface area (Å²) in [5, 5.41) is 4.79. The molecule has 1 aliphatic heterocycles. The molecule has 1 aromatic heterocycles. The Morgan fingerprint density at radius 3 is 2.65 bits per heavy atom. The highest BCUT2D eigenvalue weighted by Crippen LogP contribution is 2.28. The Hall–Kier alpha value is -1.49. The summed E-state index contributed by atoms with van der Waals surface area (Å²) in [4.78, 5) is 6.76. The van der Waals surface area contributed by atoms with Gasteiger partial charge in [0.15, 0.2) is 0 Å². The molecule has 0 radical (unpaired) electrons. The number of benzene rings is 1. The number of ether oxygens (including phenoxy) is 1. The van der Waals surface area contributed by atoms with Gasteiger partial charge in [0.25, 0.3) is 0 Å². The lowest BCUT2D eigenvalue weighted by atomic mass is 10.1. The fraction of sp³-hybridized carbons (Fsp3) is 0.353. The van der Waals surface area contributed by atoms with Crippen LogP contribution in [0.3, 0.4) is 0 Å². The van der Waals surface area contributed by atoms with Gasteiger partial charge in [-0.15, -0.1) is 0 Å². The molecule has 6 heteroatoms. The van der Waals surface area contributed by atoms with E-state index < -0.39 is 0 Å². The highest BCUT2D eigenvalue weighted by atomic mass is 35.5. The third kappa shape index (κ3) is 4.08. The number of morpholine rings is 1. The number of nitrogens with one attached hydrogen (secondary N) is 1. The van der Waals surface area contributed by atoms with Gasteiger partial charge in [-0.1, -0.05) is 23.2 Å². The van der Waals surface area contributed by atoms with Gasteiger partial charge in [0, 0.05) is 23.1 Å². The van der Waals surface area contributed by atoms with Crippen LogP contribution >= 0.6 is 23.2 Å². The zero-order chi connectivity index (χ0) is 16.2. The van der Waals surface area contributed by atoms with Crippen LogP contribution in [0.4, 0.5) is 11.5 Å². The second-order valence-electron chi connectivity index (χ2n) is 5.54. The van der Waals surface area contributed by atoms with Crippen LogP contribution in [0.2, 0.25) is 10.0 Å². The lowest BCUT2D eigenvalue weighted by molar-refractivity contribution is 0.122. The molecule has 3 rings (SSSR count). The van der Waals surface area contributed by atoms with Crippen molar-refractivity contribution in [1.29, 1.82) is 0 Å². The fourth-order valence-corrected chi connectivity index (χ4v) is 3.09. The topological polar surface area (TPSA) is 37.4 Å². The minimum Gasteiger partial charge on any atom is -0.378 e. The summed E-state index contributed by atoms with van der Waals surface area (Å²) >= 11 is 12.3. The van der Waals surface area contributed by atoms with Crippen LogP contribution in [0.25, 0.3) is 0 Å². The number of aromatic nitrogens is 1. The number of halogens is 2. The summed E-state index contributed by atoms with van der Waals surface area (Å²) in [6, 6.07) is 9.59. The van der Waals surface area contributed by atoms with Gasteiger partial charge in [-0.05, 0) is 42.8 Å². The van der Waals surface area contributed by atoms with E-state index in [1.165, 1.54) is 0 Å². The van der Waals surface area contributed by atoms with Crippen molar-refractivity contribution >= 4 is 34.7 Å². The average molecular weight is 352 g/mol. The maximum absolute atomic E-state index is 6.25. The first-order valence-electron chi connectivity index (χ1n) is 7.64. The molecule has 0 amide bonds. The largest absolute Gasteiger partial charge is 0.378 e. The van der Waals surface area contributed by atoms with E-state index in [-0.39, 0.29) is 6.04 Å². The van der Waals surface area contributed by atoms with Crippen molar-refractivity contribution in [2.24, 2.45) is 0 Å². The first-order chi connectivity index (χ1) is 11.1. The smallest absolute Gasteiger partial charge is 0.128 e. The second-order valence-corrected chi connectivity index (χ2v) is 6.38.